The van der Waals surface area contributed by atoms with E-state index in [4.69, 9.17) is 5.73 Å². The number of carbonyl (C=O) groups excluding carboxylic acids is 1. The Labute approximate surface area is 122 Å². The molecule has 1 heterocycles. The maximum Gasteiger partial charge on any atom is 0.259 e. The number of rotatable bonds is 2. The van der Waals surface area contributed by atoms with Gasteiger partial charge in [0.1, 0.15) is 5.82 Å². The third kappa shape index (κ3) is 3.44. The van der Waals surface area contributed by atoms with Crippen LogP contribution >= 0.6 is 0 Å². The number of nitrogens with two attached hydrogens (primary N) is 1. The minimum Gasteiger partial charge on any atom is -0.320 e. The van der Waals surface area contributed by atoms with Crippen molar-refractivity contribution in [3.63, 3.8) is 0 Å². The van der Waals surface area contributed by atoms with Gasteiger partial charge in [0.25, 0.3) is 5.91 Å². The van der Waals surface area contributed by atoms with Gasteiger partial charge in [0, 0.05) is 25.1 Å². The van der Waals surface area contributed by atoms with Gasteiger partial charge in [-0.15, -0.1) is 0 Å². The largest absolute Gasteiger partial charge is 0.320 e. The molecule has 1 aromatic carbocycles. The molecule has 2 rings (SSSR count). The van der Waals surface area contributed by atoms with Crippen LogP contribution in [0.25, 0.3) is 0 Å². The summed E-state index contributed by atoms with van der Waals surface area (Å²) < 4.78 is 12.9. The van der Waals surface area contributed by atoms with Gasteiger partial charge in [-0.3, -0.25) is 9.78 Å². The van der Waals surface area contributed by atoms with Crippen molar-refractivity contribution in [2.75, 3.05) is 18.5 Å². The van der Waals surface area contributed by atoms with Crippen LogP contribution in [0, 0.1) is 17.7 Å². The molecule has 106 valence electrons. The highest BCUT2D eigenvalue weighted by molar-refractivity contribution is 6.07. The van der Waals surface area contributed by atoms with Gasteiger partial charge >= 0.3 is 0 Å². The van der Waals surface area contributed by atoms with E-state index in [9.17, 15) is 9.18 Å². The molecule has 2 N–H and O–H groups in total. The molecule has 0 aliphatic rings. The molecule has 0 aliphatic heterocycles. The summed E-state index contributed by atoms with van der Waals surface area (Å²) >= 11 is 0. The zero-order valence-corrected chi connectivity index (χ0v) is 11.5. The zero-order valence-electron chi connectivity index (χ0n) is 11.5. The summed E-state index contributed by atoms with van der Waals surface area (Å²) in [4.78, 5) is 17.9. The number of amides is 1. The molecular weight excluding hydrogens is 269 g/mol. The van der Waals surface area contributed by atoms with Crippen LogP contribution in [0.4, 0.5) is 10.1 Å². The number of pyridine rings is 1. The lowest BCUT2D eigenvalue weighted by Gasteiger charge is -2.18. The Morgan fingerprint density at radius 1 is 1.33 bits per heavy atom. The molecule has 21 heavy (non-hydrogen) atoms. The normalized spacial score (nSPS) is 9.67. The first-order valence-electron chi connectivity index (χ1n) is 6.30. The lowest BCUT2D eigenvalue weighted by molar-refractivity contribution is 0.0992. The molecule has 0 saturated carbocycles. The number of nitrogens with zero attached hydrogens (tertiary/aromatic N) is 2. The summed E-state index contributed by atoms with van der Waals surface area (Å²) in [5.74, 6) is 4.93. The van der Waals surface area contributed by atoms with E-state index in [1.165, 1.54) is 29.4 Å². The van der Waals surface area contributed by atoms with Crippen molar-refractivity contribution in [3.05, 3.63) is 59.7 Å². The maximum absolute atomic E-state index is 12.9. The fourth-order valence-electron chi connectivity index (χ4n) is 1.79. The molecule has 1 amide bonds. The van der Waals surface area contributed by atoms with Gasteiger partial charge in [-0.2, -0.15) is 0 Å². The van der Waals surface area contributed by atoms with E-state index in [0.717, 1.165) is 0 Å². The Kier molecular flexibility index (Phi) is 4.64. The third-order valence-electron chi connectivity index (χ3n) is 2.90. The summed E-state index contributed by atoms with van der Waals surface area (Å²) in [6.07, 6.45) is 3.05. The predicted octanol–water partition coefficient (Wildman–Crippen LogP) is 1.81. The standard InChI is InChI=1S/C16H14FN3O/c1-20(14-6-4-13(17)5-7-14)16(21)15-8-10-19-11-12(15)3-2-9-18/h4-8,10-11H,9,18H2,1H3. The smallest absolute Gasteiger partial charge is 0.259 e. The Balaban J connectivity index is 2.33. The van der Waals surface area contributed by atoms with Crippen LogP contribution in [0.2, 0.25) is 0 Å². The summed E-state index contributed by atoms with van der Waals surface area (Å²) in [6, 6.07) is 7.30. The summed E-state index contributed by atoms with van der Waals surface area (Å²) in [6.45, 7) is 0.205. The first-order valence-corrected chi connectivity index (χ1v) is 6.30. The third-order valence-corrected chi connectivity index (χ3v) is 2.90. The van der Waals surface area contributed by atoms with Gasteiger partial charge in [-0.25, -0.2) is 4.39 Å². The Hall–Kier alpha value is -2.71. The van der Waals surface area contributed by atoms with Crippen molar-refractivity contribution < 1.29 is 9.18 Å². The highest BCUT2D eigenvalue weighted by Crippen LogP contribution is 2.17. The van der Waals surface area contributed by atoms with E-state index in [1.807, 2.05) is 0 Å². The van der Waals surface area contributed by atoms with Crippen LogP contribution in [0.5, 0.6) is 0 Å². The second-order valence-corrected chi connectivity index (χ2v) is 4.27. The topological polar surface area (TPSA) is 59.2 Å². The van der Waals surface area contributed by atoms with Gasteiger partial charge in [-0.05, 0) is 30.3 Å². The minimum absolute atomic E-state index is 0.205. The summed E-state index contributed by atoms with van der Waals surface area (Å²) in [5.41, 5.74) is 6.88. The van der Waals surface area contributed by atoms with Crippen LogP contribution < -0.4 is 10.6 Å². The molecule has 5 heteroatoms. The first-order chi connectivity index (χ1) is 10.1. The van der Waals surface area contributed by atoms with Gasteiger partial charge in [0.05, 0.1) is 17.7 Å². The molecule has 0 saturated heterocycles. The maximum atomic E-state index is 12.9. The lowest BCUT2D eigenvalue weighted by Crippen LogP contribution is -2.27. The second kappa shape index (κ2) is 6.64. The van der Waals surface area contributed by atoms with E-state index in [0.29, 0.717) is 16.8 Å². The SMILES string of the molecule is CN(C(=O)c1ccncc1C#CCN)c1ccc(F)cc1. The number of hydrogen-bond acceptors (Lipinski definition) is 3. The van der Waals surface area contributed by atoms with Gasteiger partial charge in [0.15, 0.2) is 0 Å². The van der Waals surface area contributed by atoms with Crippen molar-refractivity contribution in [3.8, 4) is 11.8 Å². The average Bonchev–Trinajstić information content (AvgIpc) is 2.52. The van der Waals surface area contributed by atoms with Crippen molar-refractivity contribution in [2.45, 2.75) is 0 Å². The van der Waals surface area contributed by atoms with Gasteiger partial charge < -0.3 is 10.6 Å². The van der Waals surface area contributed by atoms with Crippen molar-refractivity contribution >= 4 is 11.6 Å². The molecular formula is C16H14FN3O. The first kappa shape index (κ1) is 14.7. The van der Waals surface area contributed by atoms with E-state index in [2.05, 4.69) is 16.8 Å². The van der Waals surface area contributed by atoms with Crippen LogP contribution in [0.3, 0.4) is 0 Å². The van der Waals surface area contributed by atoms with E-state index in [-0.39, 0.29) is 18.3 Å². The molecule has 4 nitrogen and oxygen atoms in total. The van der Waals surface area contributed by atoms with Gasteiger partial charge in [0.2, 0.25) is 0 Å². The average molecular weight is 283 g/mol. The fraction of sp³-hybridized carbons (Fsp3) is 0.125. The van der Waals surface area contributed by atoms with Crippen LogP contribution in [0.15, 0.2) is 42.7 Å². The molecule has 0 radical (unpaired) electrons. The van der Waals surface area contributed by atoms with Crippen LogP contribution in [0.1, 0.15) is 15.9 Å². The van der Waals surface area contributed by atoms with E-state index < -0.39 is 0 Å². The van der Waals surface area contributed by atoms with E-state index in [1.54, 1.807) is 25.2 Å². The number of carbonyl (C=O) groups is 1. The number of hydrogen-bond donors (Lipinski definition) is 1. The molecule has 0 atom stereocenters. The number of benzene rings is 1. The van der Waals surface area contributed by atoms with Crippen LogP contribution in [-0.4, -0.2) is 24.5 Å². The number of aromatic nitrogens is 1. The van der Waals surface area contributed by atoms with Crippen molar-refractivity contribution in [1.82, 2.24) is 4.98 Å². The minimum atomic E-state index is -0.349. The zero-order chi connectivity index (χ0) is 15.2. The molecule has 0 fully saturated rings. The van der Waals surface area contributed by atoms with Gasteiger partial charge in [-0.1, -0.05) is 11.8 Å². The monoisotopic (exact) mass is 283 g/mol. The Bertz CT molecular complexity index is 701. The number of anilines is 1. The Morgan fingerprint density at radius 3 is 2.71 bits per heavy atom. The predicted molar refractivity (Wildman–Crippen MR) is 79.3 cm³/mol. The quantitative estimate of drug-likeness (QED) is 0.855. The van der Waals surface area contributed by atoms with Crippen LogP contribution in [-0.2, 0) is 0 Å². The summed E-state index contributed by atoms with van der Waals surface area (Å²) in [7, 11) is 1.62. The molecule has 2 aromatic rings. The Morgan fingerprint density at radius 2 is 2.05 bits per heavy atom. The van der Waals surface area contributed by atoms with E-state index >= 15 is 0 Å². The fourth-order valence-corrected chi connectivity index (χ4v) is 1.79. The molecule has 0 bridgehead atoms. The molecule has 0 spiro atoms. The molecule has 1 aromatic heterocycles. The highest BCUT2D eigenvalue weighted by Gasteiger charge is 2.16. The summed E-state index contributed by atoms with van der Waals surface area (Å²) in [5, 5.41) is 0. The van der Waals surface area contributed by atoms with Crippen molar-refractivity contribution in [2.24, 2.45) is 5.73 Å². The molecule has 0 aliphatic carbocycles. The van der Waals surface area contributed by atoms with Crippen molar-refractivity contribution in [1.29, 1.82) is 0 Å². The number of halogens is 1. The highest BCUT2D eigenvalue weighted by atomic mass is 19.1. The second-order valence-electron chi connectivity index (χ2n) is 4.27. The molecule has 0 unspecified atom stereocenters. The lowest BCUT2D eigenvalue weighted by atomic mass is 10.1.